The fraction of sp³-hybridized carbons (Fsp3) is 0.486. The van der Waals surface area contributed by atoms with E-state index in [9.17, 15) is 4.79 Å². The van der Waals surface area contributed by atoms with Gasteiger partial charge in [0.1, 0.15) is 17.2 Å². The highest BCUT2D eigenvalue weighted by atomic mass is 16.5. The van der Waals surface area contributed by atoms with Crippen molar-refractivity contribution in [2.24, 2.45) is 0 Å². The summed E-state index contributed by atoms with van der Waals surface area (Å²) in [5.74, 6) is 1.80. The van der Waals surface area contributed by atoms with Crippen molar-refractivity contribution in [3.63, 3.8) is 0 Å². The van der Waals surface area contributed by atoms with Gasteiger partial charge in [0.25, 0.3) is 0 Å². The number of esters is 1. The maximum absolute atomic E-state index is 12.7. The van der Waals surface area contributed by atoms with Crippen LogP contribution in [0.3, 0.4) is 0 Å². The van der Waals surface area contributed by atoms with E-state index in [1.807, 2.05) is 48.5 Å². The highest BCUT2D eigenvalue weighted by Crippen LogP contribution is 2.25. The van der Waals surface area contributed by atoms with E-state index in [2.05, 4.69) is 37.8 Å². The quantitative estimate of drug-likeness (QED) is 0.0721. The lowest BCUT2D eigenvalue weighted by molar-refractivity contribution is 0.0734. The molecule has 0 aliphatic heterocycles. The summed E-state index contributed by atoms with van der Waals surface area (Å²) >= 11 is 0. The predicted molar refractivity (Wildman–Crippen MR) is 174 cm³/mol. The average molecular weight is 574 g/mol. The number of hydrogen-bond acceptors (Lipinski definition) is 5. The first-order valence-corrected chi connectivity index (χ1v) is 16.1. The van der Waals surface area contributed by atoms with Crippen molar-refractivity contribution in [1.29, 1.82) is 0 Å². The Morgan fingerprint density at radius 2 is 1.00 bits per heavy atom. The molecular weight excluding hydrogens is 522 g/mol. The molecule has 0 heterocycles. The van der Waals surface area contributed by atoms with Crippen molar-refractivity contribution >= 4 is 5.97 Å². The zero-order valence-corrected chi connectivity index (χ0v) is 26.1. The molecule has 0 aliphatic carbocycles. The average Bonchev–Trinajstić information content (AvgIpc) is 3.03. The summed E-state index contributed by atoms with van der Waals surface area (Å²) in [4.78, 5) is 15.1. The fourth-order valence-corrected chi connectivity index (χ4v) is 4.93. The van der Waals surface area contributed by atoms with Gasteiger partial charge in [-0.1, -0.05) is 96.4 Å². The summed E-state index contributed by atoms with van der Waals surface area (Å²) in [5.41, 5.74) is 2.64. The van der Waals surface area contributed by atoms with Crippen LogP contribution in [-0.4, -0.2) is 43.7 Å². The Hall–Kier alpha value is -3.31. The molecule has 0 fully saturated rings. The third-order valence-corrected chi connectivity index (χ3v) is 7.64. The first kappa shape index (κ1) is 33.2. The van der Waals surface area contributed by atoms with Crippen LogP contribution in [0.4, 0.5) is 0 Å². The molecule has 0 spiro atoms. The molecule has 0 unspecified atom stereocenters. The molecule has 0 amide bonds. The molecule has 0 saturated heterocycles. The van der Waals surface area contributed by atoms with Crippen LogP contribution in [0.1, 0.15) is 95.3 Å². The fourth-order valence-electron chi connectivity index (χ4n) is 4.93. The number of hydrogen-bond donors (Lipinski definition) is 0. The minimum Gasteiger partial charge on any atom is -0.494 e. The smallest absolute Gasteiger partial charge is 0.343 e. The summed E-state index contributed by atoms with van der Waals surface area (Å²) in [5, 5.41) is 0. The summed E-state index contributed by atoms with van der Waals surface area (Å²) in [7, 11) is 0. The molecule has 0 bridgehead atoms. The zero-order chi connectivity index (χ0) is 29.8. The molecule has 5 nitrogen and oxygen atoms in total. The second-order valence-corrected chi connectivity index (χ2v) is 10.9. The standard InChI is InChI=1S/C37H51NO4/c1-4-7-8-9-10-11-12-13-14-29-40-35-24-20-33(21-25-35)37(39)42-36-26-18-32(19-27-36)31-16-22-34(23-17-31)41-30-15-28-38(5-2)6-3/h16-27H,4-15,28-30H2,1-3H3. The van der Waals surface area contributed by atoms with E-state index in [4.69, 9.17) is 14.2 Å². The highest BCUT2D eigenvalue weighted by molar-refractivity contribution is 5.91. The van der Waals surface area contributed by atoms with Crippen LogP contribution in [0.25, 0.3) is 11.1 Å². The second-order valence-electron chi connectivity index (χ2n) is 10.9. The molecule has 0 saturated carbocycles. The first-order chi connectivity index (χ1) is 20.6. The van der Waals surface area contributed by atoms with E-state index in [-0.39, 0.29) is 5.97 Å². The summed E-state index contributed by atoms with van der Waals surface area (Å²) in [6.07, 6.45) is 12.6. The molecule has 3 rings (SSSR count). The molecule has 42 heavy (non-hydrogen) atoms. The zero-order valence-electron chi connectivity index (χ0n) is 26.1. The second kappa shape index (κ2) is 19.7. The molecule has 0 aliphatic rings. The molecule has 3 aromatic carbocycles. The van der Waals surface area contributed by atoms with Gasteiger partial charge in [0.05, 0.1) is 18.8 Å². The molecular formula is C37H51NO4. The van der Waals surface area contributed by atoms with Gasteiger partial charge in [0.15, 0.2) is 0 Å². The number of rotatable bonds is 21. The normalized spacial score (nSPS) is 11.0. The first-order valence-electron chi connectivity index (χ1n) is 16.1. The van der Waals surface area contributed by atoms with Crippen molar-refractivity contribution in [3.05, 3.63) is 78.4 Å². The van der Waals surface area contributed by atoms with Gasteiger partial charge in [-0.3, -0.25) is 0 Å². The number of benzene rings is 3. The van der Waals surface area contributed by atoms with Gasteiger partial charge in [-0.2, -0.15) is 0 Å². The number of nitrogens with zero attached hydrogens (tertiary/aromatic N) is 1. The largest absolute Gasteiger partial charge is 0.494 e. The summed E-state index contributed by atoms with van der Waals surface area (Å²) < 4.78 is 17.4. The Bertz CT molecular complexity index is 1120. The van der Waals surface area contributed by atoms with Crippen molar-refractivity contribution < 1.29 is 19.0 Å². The minimum absolute atomic E-state index is 0.379. The van der Waals surface area contributed by atoms with E-state index in [1.165, 1.54) is 51.4 Å². The minimum atomic E-state index is -0.379. The van der Waals surface area contributed by atoms with Crippen LogP contribution in [0.5, 0.6) is 17.2 Å². The van der Waals surface area contributed by atoms with Gasteiger partial charge in [-0.25, -0.2) is 4.79 Å². The Morgan fingerprint density at radius 1 is 0.548 bits per heavy atom. The maximum atomic E-state index is 12.7. The number of unbranched alkanes of at least 4 members (excludes halogenated alkanes) is 8. The van der Waals surface area contributed by atoms with Crippen molar-refractivity contribution in [2.75, 3.05) is 32.8 Å². The molecule has 5 heteroatoms. The Kier molecular flexibility index (Phi) is 15.6. The highest BCUT2D eigenvalue weighted by Gasteiger charge is 2.10. The monoisotopic (exact) mass is 573 g/mol. The van der Waals surface area contributed by atoms with Crippen LogP contribution in [0.2, 0.25) is 0 Å². The lowest BCUT2D eigenvalue weighted by Gasteiger charge is -2.17. The lowest BCUT2D eigenvalue weighted by Crippen LogP contribution is -2.25. The molecule has 228 valence electrons. The van der Waals surface area contributed by atoms with Crippen LogP contribution in [0.15, 0.2) is 72.8 Å². The SMILES string of the molecule is CCCCCCCCCCCOc1ccc(C(=O)Oc2ccc(-c3ccc(OCCCN(CC)CC)cc3)cc2)cc1. The Morgan fingerprint density at radius 3 is 1.52 bits per heavy atom. The molecule has 0 atom stereocenters. The lowest BCUT2D eigenvalue weighted by atomic mass is 10.1. The number of ether oxygens (including phenoxy) is 3. The Balaban J connectivity index is 1.36. The topological polar surface area (TPSA) is 48.0 Å². The van der Waals surface area contributed by atoms with Crippen LogP contribution in [0, 0.1) is 0 Å². The van der Waals surface area contributed by atoms with E-state index in [0.717, 1.165) is 55.1 Å². The summed E-state index contributed by atoms with van der Waals surface area (Å²) in [6.45, 7) is 11.3. The Labute approximate surface area is 254 Å². The molecule has 0 aromatic heterocycles. The van der Waals surface area contributed by atoms with Gasteiger partial charge >= 0.3 is 5.97 Å². The van der Waals surface area contributed by atoms with Crippen molar-refractivity contribution in [2.45, 2.75) is 85.0 Å². The molecule has 0 radical (unpaired) electrons. The number of carbonyl (C=O) groups is 1. The maximum Gasteiger partial charge on any atom is 0.343 e. The number of carbonyl (C=O) groups excluding carboxylic acids is 1. The van der Waals surface area contributed by atoms with E-state index >= 15 is 0 Å². The van der Waals surface area contributed by atoms with Gasteiger partial charge in [-0.15, -0.1) is 0 Å². The van der Waals surface area contributed by atoms with Gasteiger partial charge in [0, 0.05) is 6.54 Å². The van der Waals surface area contributed by atoms with E-state index in [1.54, 1.807) is 12.1 Å². The predicted octanol–water partition coefficient (Wildman–Crippen LogP) is 9.59. The third kappa shape index (κ3) is 12.3. The summed E-state index contributed by atoms with van der Waals surface area (Å²) in [6, 6.07) is 22.9. The van der Waals surface area contributed by atoms with Gasteiger partial charge < -0.3 is 19.1 Å². The van der Waals surface area contributed by atoms with Crippen LogP contribution >= 0.6 is 0 Å². The van der Waals surface area contributed by atoms with E-state index < -0.39 is 0 Å². The van der Waals surface area contributed by atoms with Crippen molar-refractivity contribution in [3.8, 4) is 28.4 Å². The van der Waals surface area contributed by atoms with Crippen molar-refractivity contribution in [1.82, 2.24) is 4.90 Å². The molecule has 3 aromatic rings. The van der Waals surface area contributed by atoms with E-state index in [0.29, 0.717) is 24.5 Å². The van der Waals surface area contributed by atoms with Crippen LogP contribution in [-0.2, 0) is 0 Å². The molecule has 0 N–H and O–H groups in total. The van der Waals surface area contributed by atoms with Gasteiger partial charge in [0.2, 0.25) is 0 Å². The third-order valence-electron chi connectivity index (χ3n) is 7.64. The van der Waals surface area contributed by atoms with Crippen LogP contribution < -0.4 is 14.2 Å². The van der Waals surface area contributed by atoms with Gasteiger partial charge in [-0.05, 0) is 85.6 Å².